The molecular formula is C17H15ClN2O2. The van der Waals surface area contributed by atoms with Crippen molar-refractivity contribution in [3.8, 4) is 5.75 Å². The van der Waals surface area contributed by atoms with Crippen molar-refractivity contribution >= 4 is 11.6 Å². The minimum atomic E-state index is 0.240. The van der Waals surface area contributed by atoms with E-state index in [0.717, 1.165) is 17.7 Å². The normalized spacial score (nSPS) is 10.6. The van der Waals surface area contributed by atoms with E-state index < -0.39 is 0 Å². The van der Waals surface area contributed by atoms with Gasteiger partial charge < -0.3 is 9.26 Å². The summed E-state index contributed by atoms with van der Waals surface area (Å²) >= 11 is 6.11. The van der Waals surface area contributed by atoms with Gasteiger partial charge in [-0.3, -0.25) is 0 Å². The Bertz CT molecular complexity index is 756. The lowest BCUT2D eigenvalue weighted by atomic mass is 10.0. The third-order valence-corrected chi connectivity index (χ3v) is 3.42. The highest BCUT2D eigenvalue weighted by atomic mass is 35.5. The van der Waals surface area contributed by atoms with E-state index in [-0.39, 0.29) is 6.61 Å². The number of rotatable bonds is 5. The highest BCUT2D eigenvalue weighted by molar-refractivity contribution is 6.30. The van der Waals surface area contributed by atoms with Gasteiger partial charge in [0.05, 0.1) is 0 Å². The molecule has 1 aromatic heterocycles. The van der Waals surface area contributed by atoms with Crippen LogP contribution >= 0.6 is 11.6 Å². The van der Waals surface area contributed by atoms with Crippen molar-refractivity contribution in [1.29, 1.82) is 0 Å². The number of nitrogens with zero attached hydrogens (tertiary/aromatic N) is 2. The molecule has 3 aromatic rings. The van der Waals surface area contributed by atoms with Crippen molar-refractivity contribution in [2.75, 3.05) is 0 Å². The van der Waals surface area contributed by atoms with E-state index in [1.54, 1.807) is 6.92 Å². The Morgan fingerprint density at radius 2 is 1.95 bits per heavy atom. The van der Waals surface area contributed by atoms with Gasteiger partial charge in [0.15, 0.2) is 12.4 Å². The summed E-state index contributed by atoms with van der Waals surface area (Å²) in [5, 5.41) is 4.43. The number of benzene rings is 2. The second-order valence-corrected chi connectivity index (χ2v) is 5.37. The molecule has 0 fully saturated rings. The van der Waals surface area contributed by atoms with Gasteiger partial charge in [0, 0.05) is 11.4 Å². The van der Waals surface area contributed by atoms with Gasteiger partial charge in [-0.1, -0.05) is 47.1 Å². The molecule has 22 heavy (non-hydrogen) atoms. The minimum absolute atomic E-state index is 0.240. The van der Waals surface area contributed by atoms with Gasteiger partial charge in [-0.15, -0.1) is 0 Å². The van der Waals surface area contributed by atoms with E-state index in [4.69, 9.17) is 20.9 Å². The second-order valence-electron chi connectivity index (χ2n) is 4.94. The zero-order valence-electron chi connectivity index (χ0n) is 12.1. The molecule has 0 unspecified atom stereocenters. The number of aromatic nitrogens is 2. The molecule has 4 nitrogen and oxygen atoms in total. The maximum Gasteiger partial charge on any atom is 0.264 e. The third kappa shape index (κ3) is 3.65. The average molecular weight is 315 g/mol. The quantitative estimate of drug-likeness (QED) is 0.708. The predicted octanol–water partition coefficient (Wildman–Crippen LogP) is 4.20. The standard InChI is InChI=1S/C17H15ClN2O2/c1-12-19-17(22-20-12)11-21-16-8-7-15(18)10-14(16)9-13-5-3-2-4-6-13/h2-8,10H,9,11H2,1H3. The van der Waals surface area contributed by atoms with Crippen molar-refractivity contribution in [2.45, 2.75) is 20.0 Å². The second kappa shape index (κ2) is 6.62. The third-order valence-electron chi connectivity index (χ3n) is 3.18. The van der Waals surface area contributed by atoms with Gasteiger partial charge in [0.2, 0.25) is 0 Å². The van der Waals surface area contributed by atoms with Gasteiger partial charge in [-0.2, -0.15) is 4.98 Å². The summed E-state index contributed by atoms with van der Waals surface area (Å²) in [7, 11) is 0. The summed E-state index contributed by atoms with van der Waals surface area (Å²) in [6.45, 7) is 2.01. The number of hydrogen-bond acceptors (Lipinski definition) is 4. The summed E-state index contributed by atoms with van der Waals surface area (Å²) in [4.78, 5) is 4.13. The van der Waals surface area contributed by atoms with Crippen LogP contribution in [0.1, 0.15) is 22.8 Å². The van der Waals surface area contributed by atoms with Crippen LogP contribution in [0.2, 0.25) is 5.02 Å². The molecule has 0 amide bonds. The molecule has 3 rings (SSSR count). The lowest BCUT2D eigenvalue weighted by molar-refractivity contribution is 0.241. The van der Waals surface area contributed by atoms with Crippen molar-refractivity contribution < 1.29 is 9.26 Å². The summed E-state index contributed by atoms with van der Waals surface area (Å²) in [5.41, 5.74) is 2.22. The Morgan fingerprint density at radius 3 is 2.68 bits per heavy atom. The molecular weight excluding hydrogens is 300 g/mol. The summed E-state index contributed by atoms with van der Waals surface area (Å²) in [6, 6.07) is 15.8. The van der Waals surface area contributed by atoms with Crippen LogP contribution < -0.4 is 4.74 Å². The summed E-state index contributed by atoms with van der Waals surface area (Å²) < 4.78 is 10.9. The molecule has 0 aliphatic rings. The summed E-state index contributed by atoms with van der Waals surface area (Å²) in [5.74, 6) is 1.82. The van der Waals surface area contributed by atoms with E-state index in [1.807, 2.05) is 36.4 Å². The first-order valence-electron chi connectivity index (χ1n) is 6.95. The fourth-order valence-corrected chi connectivity index (χ4v) is 2.38. The molecule has 0 atom stereocenters. The molecule has 0 N–H and O–H groups in total. The minimum Gasteiger partial charge on any atom is -0.483 e. The molecule has 0 bridgehead atoms. The van der Waals surface area contributed by atoms with Crippen LogP contribution in [0.5, 0.6) is 5.75 Å². The van der Waals surface area contributed by atoms with E-state index >= 15 is 0 Å². The maximum atomic E-state index is 6.11. The topological polar surface area (TPSA) is 48.2 Å². The van der Waals surface area contributed by atoms with Gasteiger partial charge in [0.1, 0.15) is 5.75 Å². The maximum absolute atomic E-state index is 6.11. The van der Waals surface area contributed by atoms with Gasteiger partial charge >= 0.3 is 0 Å². The lowest BCUT2D eigenvalue weighted by Gasteiger charge is -2.11. The van der Waals surface area contributed by atoms with Crippen LogP contribution in [-0.4, -0.2) is 10.1 Å². The molecule has 0 spiro atoms. The van der Waals surface area contributed by atoms with Crippen molar-refractivity contribution in [3.05, 3.63) is 76.4 Å². The molecule has 0 radical (unpaired) electrons. The first-order valence-corrected chi connectivity index (χ1v) is 7.33. The highest BCUT2D eigenvalue weighted by Gasteiger charge is 2.09. The Labute approximate surface area is 133 Å². The van der Waals surface area contributed by atoms with Crippen LogP contribution in [-0.2, 0) is 13.0 Å². The fourth-order valence-electron chi connectivity index (χ4n) is 2.18. The molecule has 0 aliphatic heterocycles. The number of aryl methyl sites for hydroxylation is 1. The smallest absolute Gasteiger partial charge is 0.264 e. The van der Waals surface area contributed by atoms with Crippen molar-refractivity contribution in [2.24, 2.45) is 0 Å². The zero-order chi connectivity index (χ0) is 15.4. The van der Waals surface area contributed by atoms with Gasteiger partial charge in [0.25, 0.3) is 5.89 Å². The molecule has 0 saturated heterocycles. The molecule has 2 aromatic carbocycles. The largest absolute Gasteiger partial charge is 0.483 e. The molecule has 5 heteroatoms. The average Bonchev–Trinajstić information content (AvgIpc) is 2.93. The highest BCUT2D eigenvalue weighted by Crippen LogP contribution is 2.26. The SMILES string of the molecule is Cc1noc(COc2ccc(Cl)cc2Cc2ccccc2)n1. The van der Waals surface area contributed by atoms with E-state index in [1.165, 1.54) is 5.56 Å². The monoisotopic (exact) mass is 314 g/mol. The van der Waals surface area contributed by atoms with E-state index in [0.29, 0.717) is 16.7 Å². The predicted molar refractivity (Wildman–Crippen MR) is 84.1 cm³/mol. The lowest BCUT2D eigenvalue weighted by Crippen LogP contribution is -2.00. The zero-order valence-corrected chi connectivity index (χ0v) is 12.9. The summed E-state index contributed by atoms with van der Waals surface area (Å²) in [6.07, 6.45) is 0.750. The van der Waals surface area contributed by atoms with Crippen molar-refractivity contribution in [1.82, 2.24) is 10.1 Å². The van der Waals surface area contributed by atoms with Crippen LogP contribution in [0.15, 0.2) is 53.1 Å². The Balaban J connectivity index is 1.78. The van der Waals surface area contributed by atoms with Gasteiger partial charge in [-0.05, 0) is 36.2 Å². The van der Waals surface area contributed by atoms with Gasteiger partial charge in [-0.25, -0.2) is 0 Å². The molecule has 1 heterocycles. The van der Waals surface area contributed by atoms with Crippen LogP contribution in [0.4, 0.5) is 0 Å². The first-order chi connectivity index (χ1) is 10.7. The van der Waals surface area contributed by atoms with E-state index in [9.17, 15) is 0 Å². The number of ether oxygens (including phenoxy) is 1. The molecule has 0 saturated carbocycles. The number of hydrogen-bond donors (Lipinski definition) is 0. The van der Waals surface area contributed by atoms with E-state index in [2.05, 4.69) is 22.3 Å². The Hall–Kier alpha value is -2.33. The fraction of sp³-hybridized carbons (Fsp3) is 0.176. The van der Waals surface area contributed by atoms with Crippen LogP contribution in [0.25, 0.3) is 0 Å². The Kier molecular flexibility index (Phi) is 4.39. The van der Waals surface area contributed by atoms with Crippen molar-refractivity contribution in [3.63, 3.8) is 0 Å². The van der Waals surface area contributed by atoms with Crippen LogP contribution in [0.3, 0.4) is 0 Å². The van der Waals surface area contributed by atoms with Crippen LogP contribution in [0, 0.1) is 6.92 Å². The number of halogens is 1. The molecule has 112 valence electrons. The molecule has 0 aliphatic carbocycles. The first kappa shape index (κ1) is 14.6. The Morgan fingerprint density at radius 1 is 1.14 bits per heavy atom.